The molecular formula is C9H17NO5. The van der Waals surface area contributed by atoms with E-state index in [1.54, 1.807) is 20.8 Å². The van der Waals surface area contributed by atoms with Gasteiger partial charge in [-0.2, -0.15) is 0 Å². The van der Waals surface area contributed by atoms with Crippen molar-refractivity contribution in [1.82, 2.24) is 5.32 Å². The van der Waals surface area contributed by atoms with Gasteiger partial charge in [-0.05, 0) is 20.8 Å². The molecule has 1 amide bonds. The molecule has 0 unspecified atom stereocenters. The van der Waals surface area contributed by atoms with E-state index in [-0.39, 0.29) is 19.8 Å². The first-order valence-electron chi connectivity index (χ1n) is 4.58. The van der Waals surface area contributed by atoms with E-state index in [2.05, 4.69) is 10.1 Å². The topological polar surface area (TPSA) is 84.9 Å². The quantitative estimate of drug-likeness (QED) is 0.652. The van der Waals surface area contributed by atoms with E-state index in [0.717, 1.165) is 0 Å². The number of amides is 1. The molecule has 0 heterocycles. The number of aliphatic hydroxyl groups excluding tert-OH is 1. The number of ether oxygens (including phenoxy) is 2. The van der Waals surface area contributed by atoms with Gasteiger partial charge >= 0.3 is 12.1 Å². The van der Waals surface area contributed by atoms with E-state index in [0.29, 0.717) is 0 Å². The zero-order valence-electron chi connectivity index (χ0n) is 9.20. The van der Waals surface area contributed by atoms with Gasteiger partial charge in [0.05, 0.1) is 6.61 Å². The summed E-state index contributed by atoms with van der Waals surface area (Å²) in [7, 11) is 0. The first kappa shape index (κ1) is 13.7. The van der Waals surface area contributed by atoms with Gasteiger partial charge in [-0.1, -0.05) is 0 Å². The lowest BCUT2D eigenvalue weighted by Crippen LogP contribution is -2.36. The average molecular weight is 219 g/mol. The Morgan fingerprint density at radius 1 is 1.33 bits per heavy atom. The van der Waals surface area contributed by atoms with Crippen LogP contribution < -0.4 is 5.32 Å². The highest BCUT2D eigenvalue weighted by atomic mass is 16.6. The maximum atomic E-state index is 11.0. The highest BCUT2D eigenvalue weighted by Crippen LogP contribution is 2.05. The summed E-state index contributed by atoms with van der Waals surface area (Å²) < 4.78 is 9.40. The van der Waals surface area contributed by atoms with Gasteiger partial charge in [0.2, 0.25) is 0 Å². The number of hydrogen-bond acceptors (Lipinski definition) is 5. The third-order valence-corrected chi connectivity index (χ3v) is 1.13. The number of carbonyl (C=O) groups excluding carboxylic acids is 2. The van der Waals surface area contributed by atoms with E-state index in [4.69, 9.17) is 9.84 Å². The minimum Gasteiger partial charge on any atom is -0.462 e. The van der Waals surface area contributed by atoms with Crippen LogP contribution in [0.15, 0.2) is 0 Å². The number of hydrogen-bond donors (Lipinski definition) is 2. The molecule has 88 valence electrons. The highest BCUT2D eigenvalue weighted by molar-refractivity contribution is 5.77. The van der Waals surface area contributed by atoms with Crippen LogP contribution in [0.1, 0.15) is 20.8 Å². The van der Waals surface area contributed by atoms with Crippen LogP contribution in [-0.4, -0.2) is 42.5 Å². The molecule has 0 atom stereocenters. The second kappa shape index (κ2) is 6.23. The van der Waals surface area contributed by atoms with E-state index in [1.807, 2.05) is 0 Å². The maximum absolute atomic E-state index is 11.0. The van der Waals surface area contributed by atoms with Gasteiger partial charge < -0.3 is 19.9 Å². The average Bonchev–Trinajstić information content (AvgIpc) is 2.08. The zero-order valence-corrected chi connectivity index (χ0v) is 9.20. The van der Waals surface area contributed by atoms with Gasteiger partial charge in [0.25, 0.3) is 0 Å². The number of carbonyl (C=O) groups is 2. The van der Waals surface area contributed by atoms with Crippen molar-refractivity contribution in [3.05, 3.63) is 0 Å². The summed E-state index contributed by atoms with van der Waals surface area (Å²) in [6, 6.07) is 0. The number of esters is 1. The first-order valence-corrected chi connectivity index (χ1v) is 4.58. The molecule has 0 aromatic rings. The smallest absolute Gasteiger partial charge is 0.408 e. The van der Waals surface area contributed by atoms with Crippen LogP contribution in [0.5, 0.6) is 0 Å². The number of nitrogens with one attached hydrogen (secondary N) is 1. The summed E-state index contributed by atoms with van der Waals surface area (Å²) in [5, 5.41) is 10.6. The Labute approximate surface area is 88.6 Å². The third-order valence-electron chi connectivity index (χ3n) is 1.13. The molecule has 0 saturated heterocycles. The van der Waals surface area contributed by atoms with Crippen molar-refractivity contribution in [2.75, 3.05) is 19.8 Å². The summed E-state index contributed by atoms with van der Waals surface area (Å²) in [6.07, 6.45) is -0.677. The Hall–Kier alpha value is -1.30. The lowest BCUT2D eigenvalue weighted by molar-refractivity contribution is -0.143. The molecule has 0 radical (unpaired) electrons. The fourth-order valence-electron chi connectivity index (χ4n) is 0.669. The molecule has 2 N–H and O–H groups in total. The Morgan fingerprint density at radius 2 is 1.93 bits per heavy atom. The lowest BCUT2D eigenvalue weighted by atomic mass is 10.2. The Bertz CT molecular complexity index is 221. The normalized spacial score (nSPS) is 10.7. The van der Waals surface area contributed by atoms with Gasteiger partial charge in [0, 0.05) is 0 Å². The fourth-order valence-corrected chi connectivity index (χ4v) is 0.669. The van der Waals surface area contributed by atoms with Crippen molar-refractivity contribution in [3.8, 4) is 0 Å². The van der Waals surface area contributed by atoms with Crippen LogP contribution in [0.2, 0.25) is 0 Å². The van der Waals surface area contributed by atoms with Gasteiger partial charge in [0.1, 0.15) is 18.8 Å². The summed E-state index contributed by atoms with van der Waals surface area (Å²) >= 11 is 0. The molecule has 0 aromatic carbocycles. The number of alkyl carbamates (subject to hydrolysis) is 1. The third kappa shape index (κ3) is 9.01. The molecule has 0 aliphatic rings. The van der Waals surface area contributed by atoms with Gasteiger partial charge in [-0.3, -0.25) is 4.79 Å². The molecule has 0 aliphatic heterocycles. The van der Waals surface area contributed by atoms with Crippen molar-refractivity contribution < 1.29 is 24.2 Å². The molecule has 0 rings (SSSR count). The van der Waals surface area contributed by atoms with Crippen LogP contribution in [0.3, 0.4) is 0 Å². The predicted molar refractivity (Wildman–Crippen MR) is 52.3 cm³/mol. The summed E-state index contributed by atoms with van der Waals surface area (Å²) in [6.45, 7) is 4.58. The Balaban J connectivity index is 3.67. The van der Waals surface area contributed by atoms with Crippen molar-refractivity contribution in [1.29, 1.82) is 0 Å². The van der Waals surface area contributed by atoms with Crippen molar-refractivity contribution >= 4 is 12.1 Å². The van der Waals surface area contributed by atoms with Crippen LogP contribution in [-0.2, 0) is 14.3 Å². The molecule has 0 spiro atoms. The SMILES string of the molecule is CC(C)(C)OC(=O)NCC(=O)OCCO. The molecule has 6 nitrogen and oxygen atoms in total. The van der Waals surface area contributed by atoms with Crippen LogP contribution in [0, 0.1) is 0 Å². The molecule has 0 aromatic heterocycles. The molecule has 0 bridgehead atoms. The van der Waals surface area contributed by atoms with E-state index in [1.165, 1.54) is 0 Å². The minimum atomic E-state index is -0.677. The summed E-state index contributed by atoms with van der Waals surface area (Å²) in [5.41, 5.74) is -0.598. The van der Waals surface area contributed by atoms with E-state index in [9.17, 15) is 9.59 Å². The molecule has 0 aliphatic carbocycles. The molecule has 15 heavy (non-hydrogen) atoms. The van der Waals surface area contributed by atoms with Crippen LogP contribution >= 0.6 is 0 Å². The van der Waals surface area contributed by atoms with Crippen molar-refractivity contribution in [2.24, 2.45) is 0 Å². The van der Waals surface area contributed by atoms with Gasteiger partial charge in [-0.25, -0.2) is 4.79 Å². The molecular weight excluding hydrogens is 202 g/mol. The fraction of sp³-hybridized carbons (Fsp3) is 0.778. The minimum absolute atomic E-state index is 0.0746. The van der Waals surface area contributed by atoms with Crippen LogP contribution in [0.25, 0.3) is 0 Å². The van der Waals surface area contributed by atoms with E-state index < -0.39 is 17.7 Å². The number of rotatable bonds is 4. The summed E-state index contributed by atoms with van der Waals surface area (Å²) in [5.74, 6) is -0.616. The predicted octanol–water partition coefficient (Wildman–Crippen LogP) is 0.0466. The Morgan fingerprint density at radius 3 is 2.40 bits per heavy atom. The summed E-state index contributed by atoms with van der Waals surface area (Å²) in [4.78, 5) is 21.9. The lowest BCUT2D eigenvalue weighted by Gasteiger charge is -2.19. The first-order chi connectivity index (χ1) is 6.85. The van der Waals surface area contributed by atoms with Gasteiger partial charge in [-0.15, -0.1) is 0 Å². The number of aliphatic hydroxyl groups is 1. The second-order valence-electron chi connectivity index (χ2n) is 3.80. The Kier molecular flexibility index (Phi) is 5.69. The second-order valence-corrected chi connectivity index (χ2v) is 3.80. The maximum Gasteiger partial charge on any atom is 0.408 e. The zero-order chi connectivity index (χ0) is 11.9. The van der Waals surface area contributed by atoms with E-state index >= 15 is 0 Å². The standard InChI is InChI=1S/C9H17NO5/c1-9(2,3)15-8(13)10-6-7(12)14-5-4-11/h11H,4-6H2,1-3H3,(H,10,13). The molecule has 6 heteroatoms. The van der Waals surface area contributed by atoms with Crippen LogP contribution in [0.4, 0.5) is 4.79 Å². The van der Waals surface area contributed by atoms with Crippen molar-refractivity contribution in [3.63, 3.8) is 0 Å². The largest absolute Gasteiger partial charge is 0.462 e. The highest BCUT2D eigenvalue weighted by Gasteiger charge is 2.16. The van der Waals surface area contributed by atoms with Crippen molar-refractivity contribution in [2.45, 2.75) is 26.4 Å². The molecule has 0 saturated carbocycles. The van der Waals surface area contributed by atoms with Gasteiger partial charge in [0.15, 0.2) is 0 Å². The monoisotopic (exact) mass is 219 g/mol. The molecule has 0 fully saturated rings.